The second kappa shape index (κ2) is 9.21. The Hall–Kier alpha value is -3.68. The van der Waals surface area contributed by atoms with Crippen molar-refractivity contribution in [1.82, 2.24) is 24.3 Å². The number of aryl methyl sites for hydroxylation is 2. The lowest BCUT2D eigenvalue weighted by molar-refractivity contribution is -0.129. The van der Waals surface area contributed by atoms with Crippen molar-refractivity contribution in [2.75, 3.05) is 13.6 Å². The summed E-state index contributed by atoms with van der Waals surface area (Å²) in [5, 5.41) is 0. The van der Waals surface area contributed by atoms with Gasteiger partial charge in [0, 0.05) is 52.2 Å². The molecular formula is C24H27N5O3. The number of hydrogen-bond acceptors (Lipinski definition) is 4. The molecule has 2 amide bonds. The van der Waals surface area contributed by atoms with Crippen LogP contribution in [0.15, 0.2) is 53.7 Å². The third kappa shape index (κ3) is 4.49. The molecule has 4 rings (SSSR count). The summed E-state index contributed by atoms with van der Waals surface area (Å²) >= 11 is 0. The number of aromatic nitrogens is 3. The molecule has 3 aromatic rings. The monoisotopic (exact) mass is 433 g/mol. The van der Waals surface area contributed by atoms with E-state index in [-0.39, 0.29) is 29.5 Å². The smallest absolute Gasteiger partial charge is 0.263 e. The maximum absolute atomic E-state index is 13.4. The van der Waals surface area contributed by atoms with Gasteiger partial charge in [0.2, 0.25) is 5.91 Å². The summed E-state index contributed by atoms with van der Waals surface area (Å²) in [6, 6.07) is 9.92. The number of imidazole rings is 1. The fraction of sp³-hybridized carbons (Fsp3) is 0.333. The molecule has 1 aliphatic heterocycles. The largest absolute Gasteiger partial charge is 0.347 e. The number of hydrogen-bond donors (Lipinski definition) is 1. The van der Waals surface area contributed by atoms with Crippen molar-refractivity contribution < 1.29 is 9.59 Å². The zero-order valence-electron chi connectivity index (χ0n) is 18.4. The van der Waals surface area contributed by atoms with Crippen molar-refractivity contribution in [3.05, 3.63) is 87.4 Å². The summed E-state index contributed by atoms with van der Waals surface area (Å²) in [7, 11) is 1.67. The van der Waals surface area contributed by atoms with Crippen LogP contribution in [0.25, 0.3) is 0 Å². The minimum absolute atomic E-state index is 0.0134. The molecule has 1 aliphatic rings. The summed E-state index contributed by atoms with van der Waals surface area (Å²) in [4.78, 5) is 49.2. The van der Waals surface area contributed by atoms with E-state index in [1.807, 2.05) is 36.5 Å². The van der Waals surface area contributed by atoms with Crippen molar-refractivity contribution >= 4 is 11.8 Å². The Labute approximate surface area is 186 Å². The predicted octanol–water partition coefficient (Wildman–Crippen LogP) is 1.99. The number of aromatic amines is 1. The van der Waals surface area contributed by atoms with E-state index >= 15 is 0 Å². The molecule has 0 fully saturated rings. The third-order valence-corrected chi connectivity index (χ3v) is 5.90. The van der Waals surface area contributed by atoms with Crippen LogP contribution in [0.4, 0.5) is 0 Å². The highest BCUT2D eigenvalue weighted by atomic mass is 16.2. The number of pyridine rings is 1. The fourth-order valence-electron chi connectivity index (χ4n) is 4.13. The lowest BCUT2D eigenvalue weighted by atomic mass is 9.95. The van der Waals surface area contributed by atoms with Crippen LogP contribution in [0.2, 0.25) is 0 Å². The van der Waals surface area contributed by atoms with Crippen LogP contribution in [0.1, 0.15) is 39.8 Å². The number of nitrogens with zero attached hydrogens (tertiary/aromatic N) is 4. The fourth-order valence-corrected chi connectivity index (χ4v) is 4.13. The number of carbonyl (C=O) groups is 2. The highest BCUT2D eigenvalue weighted by Gasteiger charge is 2.28. The summed E-state index contributed by atoms with van der Waals surface area (Å²) in [6.45, 7) is 3.17. The van der Waals surface area contributed by atoms with Gasteiger partial charge in [0.05, 0.1) is 6.54 Å². The van der Waals surface area contributed by atoms with E-state index in [1.54, 1.807) is 35.8 Å². The third-order valence-electron chi connectivity index (χ3n) is 5.90. The van der Waals surface area contributed by atoms with E-state index in [0.29, 0.717) is 38.3 Å². The average molecular weight is 434 g/mol. The first-order valence-corrected chi connectivity index (χ1v) is 10.7. The number of nitrogens with one attached hydrogen (secondary N) is 1. The van der Waals surface area contributed by atoms with Gasteiger partial charge in [0.15, 0.2) is 0 Å². The molecule has 0 unspecified atom stereocenters. The van der Waals surface area contributed by atoms with Crippen molar-refractivity contribution in [3.8, 4) is 0 Å². The number of amides is 2. The van der Waals surface area contributed by atoms with Crippen molar-refractivity contribution in [2.24, 2.45) is 0 Å². The van der Waals surface area contributed by atoms with Crippen molar-refractivity contribution in [3.63, 3.8) is 0 Å². The molecule has 1 N–H and O–H groups in total. The average Bonchev–Trinajstić information content (AvgIpc) is 3.30. The van der Waals surface area contributed by atoms with Crippen molar-refractivity contribution in [2.45, 2.75) is 39.4 Å². The number of H-pyrrole nitrogens is 1. The second-order valence-electron chi connectivity index (χ2n) is 8.13. The SMILES string of the molecule is CC(=O)N1CCc2c(cn(CCc3ccccc3)c(=O)c2C(=O)N(C)Cc2ncc[nH]2)C1. The number of fused-ring (bicyclic) bond motifs is 1. The van der Waals surface area contributed by atoms with Gasteiger partial charge >= 0.3 is 0 Å². The molecule has 2 aromatic heterocycles. The van der Waals surface area contributed by atoms with E-state index in [9.17, 15) is 14.4 Å². The van der Waals surface area contributed by atoms with Crippen LogP contribution in [-0.4, -0.2) is 49.7 Å². The quantitative estimate of drug-likeness (QED) is 0.644. The molecule has 3 heterocycles. The minimum atomic E-state index is -0.326. The van der Waals surface area contributed by atoms with Gasteiger partial charge in [0.25, 0.3) is 11.5 Å². The van der Waals surface area contributed by atoms with Gasteiger partial charge < -0.3 is 19.4 Å². The van der Waals surface area contributed by atoms with Gasteiger partial charge in [-0.05, 0) is 29.5 Å². The van der Waals surface area contributed by atoms with E-state index in [4.69, 9.17) is 0 Å². The van der Waals surface area contributed by atoms with E-state index in [2.05, 4.69) is 9.97 Å². The van der Waals surface area contributed by atoms with Gasteiger partial charge in [-0.3, -0.25) is 14.4 Å². The van der Waals surface area contributed by atoms with Crippen LogP contribution in [0.3, 0.4) is 0 Å². The van der Waals surface area contributed by atoms with Crippen LogP contribution < -0.4 is 5.56 Å². The lowest BCUT2D eigenvalue weighted by Crippen LogP contribution is -2.41. The van der Waals surface area contributed by atoms with E-state index < -0.39 is 0 Å². The molecule has 8 heteroatoms. The molecule has 0 bridgehead atoms. The van der Waals surface area contributed by atoms with E-state index in [0.717, 1.165) is 16.7 Å². The van der Waals surface area contributed by atoms with Crippen molar-refractivity contribution in [1.29, 1.82) is 0 Å². The first-order valence-electron chi connectivity index (χ1n) is 10.7. The summed E-state index contributed by atoms with van der Waals surface area (Å²) in [5.41, 5.74) is 2.64. The Bertz CT molecular complexity index is 1170. The molecule has 32 heavy (non-hydrogen) atoms. The Balaban J connectivity index is 1.70. The normalized spacial score (nSPS) is 13.0. The Kier molecular flexibility index (Phi) is 6.20. The molecule has 0 aliphatic carbocycles. The van der Waals surface area contributed by atoms with Crippen LogP contribution >= 0.6 is 0 Å². The van der Waals surface area contributed by atoms with Crippen LogP contribution in [0.5, 0.6) is 0 Å². The Morgan fingerprint density at radius 2 is 2.00 bits per heavy atom. The Morgan fingerprint density at radius 1 is 1.22 bits per heavy atom. The molecule has 0 saturated heterocycles. The number of benzene rings is 1. The molecule has 1 aromatic carbocycles. The first-order chi connectivity index (χ1) is 15.4. The lowest BCUT2D eigenvalue weighted by Gasteiger charge is -2.30. The summed E-state index contributed by atoms with van der Waals surface area (Å²) < 4.78 is 1.61. The van der Waals surface area contributed by atoms with Crippen LogP contribution in [0, 0.1) is 0 Å². The van der Waals surface area contributed by atoms with Gasteiger partial charge in [0.1, 0.15) is 11.4 Å². The summed E-state index contributed by atoms with van der Waals surface area (Å²) in [6.07, 6.45) is 6.31. The second-order valence-corrected chi connectivity index (χ2v) is 8.13. The maximum atomic E-state index is 13.4. The van der Waals surface area contributed by atoms with Gasteiger partial charge in [-0.2, -0.15) is 0 Å². The maximum Gasteiger partial charge on any atom is 0.263 e. The molecule has 0 spiro atoms. The molecule has 8 nitrogen and oxygen atoms in total. The number of rotatable bonds is 6. The molecule has 0 atom stereocenters. The molecule has 166 valence electrons. The number of carbonyl (C=O) groups excluding carboxylic acids is 2. The highest BCUT2D eigenvalue weighted by Crippen LogP contribution is 2.22. The molecule has 0 radical (unpaired) electrons. The van der Waals surface area contributed by atoms with Gasteiger partial charge in [-0.1, -0.05) is 30.3 Å². The zero-order chi connectivity index (χ0) is 22.7. The molecule has 0 saturated carbocycles. The highest BCUT2D eigenvalue weighted by molar-refractivity contribution is 5.95. The minimum Gasteiger partial charge on any atom is -0.347 e. The van der Waals surface area contributed by atoms with Gasteiger partial charge in [-0.25, -0.2) is 4.98 Å². The molecular weight excluding hydrogens is 406 g/mol. The topological polar surface area (TPSA) is 91.3 Å². The van der Waals surface area contributed by atoms with E-state index in [1.165, 1.54) is 4.90 Å². The van der Waals surface area contributed by atoms with Gasteiger partial charge in [-0.15, -0.1) is 0 Å². The first kappa shape index (κ1) is 21.5. The van der Waals surface area contributed by atoms with Crippen LogP contribution in [-0.2, 0) is 37.3 Å². The predicted molar refractivity (Wildman–Crippen MR) is 120 cm³/mol. The zero-order valence-corrected chi connectivity index (χ0v) is 18.4. The Morgan fingerprint density at radius 3 is 2.69 bits per heavy atom. The standard InChI is InChI=1S/C24H27N5O3/c1-17(30)28-13-9-20-19(14-28)15-29(12-8-18-6-4-3-5-7-18)24(32)22(20)23(31)27(2)16-21-25-10-11-26-21/h3-7,10-11,15H,8-9,12-14,16H2,1-2H3,(H,25,26). The summed E-state index contributed by atoms with van der Waals surface area (Å²) in [5.74, 6) is 0.311.